The number of nitrogens with one attached hydrogen (secondary N) is 2. The van der Waals surface area contributed by atoms with Crippen molar-refractivity contribution in [2.75, 3.05) is 19.6 Å². The Balaban J connectivity index is 2.34. The molecule has 0 bridgehead atoms. The van der Waals surface area contributed by atoms with E-state index in [2.05, 4.69) is 10.6 Å². The van der Waals surface area contributed by atoms with Crippen molar-refractivity contribution in [3.63, 3.8) is 0 Å². The smallest absolute Gasteiger partial charge is 0.251 e. The number of halogens is 1. The first-order chi connectivity index (χ1) is 8.50. The Morgan fingerprint density at radius 1 is 1.44 bits per heavy atom. The zero-order valence-corrected chi connectivity index (χ0v) is 10.7. The minimum Gasteiger partial charge on any atom is -0.392 e. The van der Waals surface area contributed by atoms with Crippen molar-refractivity contribution in [1.29, 1.82) is 0 Å². The van der Waals surface area contributed by atoms with Crippen LogP contribution in [0.4, 0.5) is 4.39 Å². The van der Waals surface area contributed by atoms with Gasteiger partial charge in [-0.2, -0.15) is 0 Å². The van der Waals surface area contributed by atoms with E-state index in [0.29, 0.717) is 30.8 Å². The number of hydrogen-bond donors (Lipinski definition) is 3. The fraction of sp³-hybridized carbons (Fsp3) is 0.462. The van der Waals surface area contributed by atoms with Crippen LogP contribution in [0.5, 0.6) is 0 Å². The van der Waals surface area contributed by atoms with Gasteiger partial charge in [0, 0.05) is 25.2 Å². The van der Waals surface area contributed by atoms with Crippen LogP contribution in [0.1, 0.15) is 22.8 Å². The average Bonchev–Trinajstić information content (AvgIpc) is 2.31. The molecule has 1 amide bonds. The molecule has 1 aromatic rings. The molecule has 1 rings (SSSR count). The van der Waals surface area contributed by atoms with Crippen LogP contribution in [-0.4, -0.2) is 36.8 Å². The molecule has 5 heteroatoms. The SMILES string of the molecule is Cc1ccc(C(=O)NCCNCC(C)O)cc1F. The molecule has 4 nitrogen and oxygen atoms in total. The molecule has 0 aliphatic rings. The van der Waals surface area contributed by atoms with E-state index in [0.717, 1.165) is 0 Å². The van der Waals surface area contributed by atoms with E-state index in [1.165, 1.54) is 6.07 Å². The molecule has 18 heavy (non-hydrogen) atoms. The molecule has 0 saturated carbocycles. The molecular formula is C13H19FN2O2. The van der Waals surface area contributed by atoms with Gasteiger partial charge in [0.25, 0.3) is 5.91 Å². The molecule has 0 heterocycles. The Kier molecular flexibility index (Phi) is 5.74. The van der Waals surface area contributed by atoms with Gasteiger partial charge in [-0.1, -0.05) is 6.07 Å². The lowest BCUT2D eigenvalue weighted by molar-refractivity contribution is 0.0953. The minimum absolute atomic E-state index is 0.298. The van der Waals surface area contributed by atoms with Gasteiger partial charge in [-0.3, -0.25) is 4.79 Å². The topological polar surface area (TPSA) is 61.4 Å². The first-order valence-corrected chi connectivity index (χ1v) is 5.94. The third-order valence-corrected chi connectivity index (χ3v) is 2.46. The largest absolute Gasteiger partial charge is 0.392 e. The van der Waals surface area contributed by atoms with Crippen LogP contribution in [0.25, 0.3) is 0 Å². The van der Waals surface area contributed by atoms with Crippen LogP contribution in [0.15, 0.2) is 18.2 Å². The molecule has 0 aliphatic carbocycles. The summed E-state index contributed by atoms with van der Waals surface area (Å²) in [5.74, 6) is -0.678. The summed E-state index contributed by atoms with van der Waals surface area (Å²) in [5.41, 5.74) is 0.832. The van der Waals surface area contributed by atoms with Crippen LogP contribution in [-0.2, 0) is 0 Å². The summed E-state index contributed by atoms with van der Waals surface area (Å²) in [6.45, 7) is 4.80. The molecule has 100 valence electrons. The Bertz CT molecular complexity index is 408. The second-order valence-electron chi connectivity index (χ2n) is 4.27. The van der Waals surface area contributed by atoms with Gasteiger partial charge in [0.15, 0.2) is 0 Å². The molecule has 0 spiro atoms. The highest BCUT2D eigenvalue weighted by Crippen LogP contribution is 2.08. The van der Waals surface area contributed by atoms with E-state index in [1.54, 1.807) is 26.0 Å². The summed E-state index contributed by atoms with van der Waals surface area (Å²) in [7, 11) is 0. The average molecular weight is 254 g/mol. The molecule has 0 fully saturated rings. The fourth-order valence-corrected chi connectivity index (χ4v) is 1.41. The third kappa shape index (κ3) is 4.81. The quantitative estimate of drug-likeness (QED) is 0.659. The second-order valence-corrected chi connectivity index (χ2v) is 4.27. The monoisotopic (exact) mass is 254 g/mol. The van der Waals surface area contributed by atoms with Crippen LogP contribution in [0.3, 0.4) is 0 Å². The predicted octanol–water partition coefficient (Wildman–Crippen LogP) is 0.834. The maximum atomic E-state index is 13.3. The van der Waals surface area contributed by atoms with E-state index < -0.39 is 6.10 Å². The first kappa shape index (κ1) is 14.6. The Labute approximate surface area is 106 Å². The summed E-state index contributed by atoms with van der Waals surface area (Å²) in [4.78, 5) is 11.7. The number of carbonyl (C=O) groups is 1. The first-order valence-electron chi connectivity index (χ1n) is 5.94. The molecule has 0 radical (unpaired) electrons. The lowest BCUT2D eigenvalue weighted by Gasteiger charge is -2.08. The Morgan fingerprint density at radius 2 is 2.17 bits per heavy atom. The van der Waals surface area contributed by atoms with Crippen LogP contribution in [0, 0.1) is 12.7 Å². The number of rotatable bonds is 6. The number of benzene rings is 1. The minimum atomic E-state index is -0.410. The molecule has 1 aromatic carbocycles. The zero-order chi connectivity index (χ0) is 13.5. The van der Waals surface area contributed by atoms with Crippen LogP contribution >= 0.6 is 0 Å². The Morgan fingerprint density at radius 3 is 2.78 bits per heavy atom. The summed E-state index contributed by atoms with van der Waals surface area (Å²) in [6, 6.07) is 4.40. The van der Waals surface area contributed by atoms with E-state index in [1.807, 2.05) is 0 Å². The number of hydrogen-bond acceptors (Lipinski definition) is 3. The van der Waals surface area contributed by atoms with Gasteiger partial charge in [0.1, 0.15) is 5.82 Å². The van der Waals surface area contributed by atoms with E-state index in [4.69, 9.17) is 5.11 Å². The number of aliphatic hydroxyl groups is 1. The molecule has 1 atom stereocenters. The summed E-state index contributed by atoms with van der Waals surface area (Å²) >= 11 is 0. The van der Waals surface area contributed by atoms with Gasteiger partial charge in [-0.25, -0.2) is 4.39 Å². The van der Waals surface area contributed by atoms with Crippen molar-refractivity contribution in [1.82, 2.24) is 10.6 Å². The van der Waals surface area contributed by atoms with Crippen molar-refractivity contribution >= 4 is 5.91 Å². The molecular weight excluding hydrogens is 235 g/mol. The lowest BCUT2D eigenvalue weighted by Crippen LogP contribution is -2.34. The van der Waals surface area contributed by atoms with Gasteiger partial charge >= 0.3 is 0 Å². The molecule has 0 aliphatic heterocycles. The number of carbonyl (C=O) groups excluding carboxylic acids is 1. The van der Waals surface area contributed by atoms with Gasteiger partial charge in [0.2, 0.25) is 0 Å². The maximum Gasteiger partial charge on any atom is 0.251 e. The highest BCUT2D eigenvalue weighted by atomic mass is 19.1. The van der Waals surface area contributed by atoms with Gasteiger partial charge in [-0.15, -0.1) is 0 Å². The second kappa shape index (κ2) is 7.08. The highest BCUT2D eigenvalue weighted by molar-refractivity contribution is 5.94. The number of aliphatic hydroxyl groups excluding tert-OH is 1. The third-order valence-electron chi connectivity index (χ3n) is 2.46. The highest BCUT2D eigenvalue weighted by Gasteiger charge is 2.07. The van der Waals surface area contributed by atoms with Gasteiger partial charge in [-0.05, 0) is 31.5 Å². The van der Waals surface area contributed by atoms with Gasteiger partial charge in [0.05, 0.1) is 6.10 Å². The summed E-state index contributed by atoms with van der Waals surface area (Å²) < 4.78 is 13.3. The summed E-state index contributed by atoms with van der Waals surface area (Å²) in [6.07, 6.45) is -0.410. The van der Waals surface area contributed by atoms with E-state index in [9.17, 15) is 9.18 Å². The Hall–Kier alpha value is -1.46. The van der Waals surface area contributed by atoms with E-state index in [-0.39, 0.29) is 11.7 Å². The van der Waals surface area contributed by atoms with Crippen molar-refractivity contribution in [3.8, 4) is 0 Å². The predicted molar refractivity (Wildman–Crippen MR) is 68.0 cm³/mol. The molecule has 1 unspecified atom stereocenters. The molecule has 0 saturated heterocycles. The fourth-order valence-electron chi connectivity index (χ4n) is 1.41. The van der Waals surface area contributed by atoms with Gasteiger partial charge < -0.3 is 15.7 Å². The van der Waals surface area contributed by atoms with Crippen molar-refractivity contribution in [2.24, 2.45) is 0 Å². The standard InChI is InChI=1S/C13H19FN2O2/c1-9-3-4-11(7-12(9)14)13(18)16-6-5-15-8-10(2)17/h3-4,7,10,15,17H,5-6,8H2,1-2H3,(H,16,18). The van der Waals surface area contributed by atoms with Crippen molar-refractivity contribution in [3.05, 3.63) is 35.1 Å². The molecule has 3 N–H and O–H groups in total. The van der Waals surface area contributed by atoms with E-state index >= 15 is 0 Å². The zero-order valence-electron chi connectivity index (χ0n) is 10.7. The normalized spacial score (nSPS) is 12.2. The number of aryl methyl sites for hydroxylation is 1. The van der Waals surface area contributed by atoms with Crippen molar-refractivity contribution in [2.45, 2.75) is 20.0 Å². The lowest BCUT2D eigenvalue weighted by atomic mass is 10.1. The van der Waals surface area contributed by atoms with Crippen LogP contribution in [0.2, 0.25) is 0 Å². The van der Waals surface area contributed by atoms with Crippen molar-refractivity contribution < 1.29 is 14.3 Å². The maximum absolute atomic E-state index is 13.3. The summed E-state index contributed by atoms with van der Waals surface area (Å²) in [5, 5.41) is 14.6. The molecule has 0 aromatic heterocycles. The van der Waals surface area contributed by atoms with Crippen LogP contribution < -0.4 is 10.6 Å². The number of amides is 1.